The summed E-state index contributed by atoms with van der Waals surface area (Å²) in [7, 11) is 0. The van der Waals surface area contributed by atoms with Crippen LogP contribution in [0.1, 0.15) is 46.7 Å². The van der Waals surface area contributed by atoms with E-state index in [0.29, 0.717) is 28.6 Å². The first-order valence-corrected chi connectivity index (χ1v) is 10.3. The van der Waals surface area contributed by atoms with Gasteiger partial charge in [0.15, 0.2) is 18.3 Å². The third kappa shape index (κ3) is 6.97. The summed E-state index contributed by atoms with van der Waals surface area (Å²) < 4.78 is 10.4. The van der Waals surface area contributed by atoms with Crippen molar-refractivity contribution in [2.24, 2.45) is 0 Å². The number of Topliss-reactive ketones (excluding diaryl/α,β-unsaturated/α-hetero) is 1. The Hall–Kier alpha value is -3.25. The van der Waals surface area contributed by atoms with Crippen LogP contribution in [0.3, 0.4) is 0 Å². The van der Waals surface area contributed by atoms with Crippen molar-refractivity contribution in [1.82, 2.24) is 10.3 Å². The number of rotatable bonds is 11. The number of aromatic nitrogens is 1. The molecule has 0 bridgehead atoms. The van der Waals surface area contributed by atoms with Crippen molar-refractivity contribution in [2.45, 2.75) is 32.6 Å². The Balaban J connectivity index is 1.76. The summed E-state index contributed by atoms with van der Waals surface area (Å²) in [6.07, 6.45) is 1.98. The van der Waals surface area contributed by atoms with E-state index in [2.05, 4.69) is 17.2 Å². The summed E-state index contributed by atoms with van der Waals surface area (Å²) in [6.45, 7) is 3.49. The lowest BCUT2D eigenvalue weighted by Crippen LogP contribution is -2.32. The minimum absolute atomic E-state index is 0.366. The fraction of sp³-hybridized carbons (Fsp3) is 0.381. The van der Waals surface area contributed by atoms with Crippen LogP contribution in [0, 0.1) is 18.3 Å². The smallest absolute Gasteiger partial charge is 0.325 e. The van der Waals surface area contributed by atoms with Gasteiger partial charge in [0.05, 0.1) is 12.7 Å². The SMILES string of the molecule is CCCCOc1ccc(C(=O)NCC(=O)OCC(=O)[C@H](C#N)c2nc(C)cs2)cc1. The molecule has 9 heteroatoms. The summed E-state index contributed by atoms with van der Waals surface area (Å²) in [6, 6.07) is 8.44. The van der Waals surface area contributed by atoms with E-state index in [0.717, 1.165) is 12.8 Å². The van der Waals surface area contributed by atoms with Crippen LogP contribution < -0.4 is 10.1 Å². The Morgan fingerprint density at radius 3 is 2.60 bits per heavy atom. The number of amides is 1. The van der Waals surface area contributed by atoms with Crippen LogP contribution in [-0.4, -0.2) is 42.4 Å². The number of hydrogen-bond acceptors (Lipinski definition) is 8. The fourth-order valence-corrected chi connectivity index (χ4v) is 3.21. The van der Waals surface area contributed by atoms with Gasteiger partial charge in [-0.25, -0.2) is 4.98 Å². The maximum atomic E-state index is 12.1. The highest BCUT2D eigenvalue weighted by molar-refractivity contribution is 7.09. The zero-order chi connectivity index (χ0) is 21.9. The minimum Gasteiger partial charge on any atom is -0.494 e. The number of nitrogens with one attached hydrogen (secondary N) is 1. The van der Waals surface area contributed by atoms with Crippen LogP contribution >= 0.6 is 11.3 Å². The number of carbonyl (C=O) groups is 3. The first kappa shape index (κ1) is 23.0. The molecule has 0 saturated carbocycles. The fourth-order valence-electron chi connectivity index (χ4n) is 2.35. The zero-order valence-electron chi connectivity index (χ0n) is 16.8. The number of ketones is 1. The Labute approximate surface area is 178 Å². The molecular formula is C21H23N3O5S. The molecule has 1 N–H and O–H groups in total. The maximum absolute atomic E-state index is 12.1. The molecule has 0 unspecified atom stereocenters. The van der Waals surface area contributed by atoms with E-state index in [1.54, 1.807) is 36.6 Å². The summed E-state index contributed by atoms with van der Waals surface area (Å²) in [4.78, 5) is 40.2. The van der Waals surface area contributed by atoms with Crippen molar-refractivity contribution >= 4 is 29.0 Å². The molecule has 2 rings (SSSR count). The van der Waals surface area contributed by atoms with E-state index in [9.17, 15) is 19.6 Å². The molecule has 0 aliphatic carbocycles. The van der Waals surface area contributed by atoms with Crippen LogP contribution in [0.4, 0.5) is 0 Å². The van der Waals surface area contributed by atoms with Crippen molar-refractivity contribution in [2.75, 3.05) is 19.8 Å². The van der Waals surface area contributed by atoms with Crippen LogP contribution in [0.15, 0.2) is 29.6 Å². The van der Waals surface area contributed by atoms with Gasteiger partial charge in [-0.05, 0) is 37.6 Å². The minimum atomic E-state index is -1.08. The summed E-state index contributed by atoms with van der Waals surface area (Å²) in [5.41, 5.74) is 1.08. The zero-order valence-corrected chi connectivity index (χ0v) is 17.7. The summed E-state index contributed by atoms with van der Waals surface area (Å²) in [5, 5.41) is 13.7. The largest absolute Gasteiger partial charge is 0.494 e. The quantitative estimate of drug-likeness (QED) is 0.431. The van der Waals surface area contributed by atoms with Gasteiger partial charge in [-0.1, -0.05) is 13.3 Å². The van der Waals surface area contributed by atoms with Crippen LogP contribution in [0.5, 0.6) is 5.75 Å². The van der Waals surface area contributed by atoms with E-state index in [1.807, 2.05) is 6.07 Å². The number of aryl methyl sites for hydroxylation is 1. The first-order valence-electron chi connectivity index (χ1n) is 9.45. The molecule has 158 valence electrons. The maximum Gasteiger partial charge on any atom is 0.325 e. The van der Waals surface area contributed by atoms with E-state index < -0.39 is 36.7 Å². The number of thiazole rings is 1. The average molecular weight is 429 g/mol. The molecule has 0 radical (unpaired) electrons. The lowest BCUT2D eigenvalue weighted by Gasteiger charge is -2.09. The van der Waals surface area contributed by atoms with Crippen molar-refractivity contribution in [3.05, 3.63) is 45.9 Å². The van der Waals surface area contributed by atoms with E-state index in [-0.39, 0.29) is 0 Å². The number of esters is 1. The number of unbranched alkanes of at least 4 members (excludes halogenated alkanes) is 1. The number of hydrogen-bond donors (Lipinski definition) is 1. The van der Waals surface area contributed by atoms with Gasteiger partial charge in [0.25, 0.3) is 5.91 Å². The number of ether oxygens (including phenoxy) is 2. The van der Waals surface area contributed by atoms with Crippen molar-refractivity contribution in [3.63, 3.8) is 0 Å². The summed E-state index contributed by atoms with van der Waals surface area (Å²) >= 11 is 1.20. The molecule has 8 nitrogen and oxygen atoms in total. The Morgan fingerprint density at radius 2 is 2.00 bits per heavy atom. The molecule has 1 aromatic carbocycles. The van der Waals surface area contributed by atoms with Gasteiger partial charge in [0.1, 0.15) is 17.3 Å². The third-order valence-corrected chi connectivity index (χ3v) is 5.01. The molecule has 1 heterocycles. The van der Waals surface area contributed by atoms with E-state index in [4.69, 9.17) is 9.47 Å². The van der Waals surface area contributed by atoms with Crippen LogP contribution in [0.25, 0.3) is 0 Å². The summed E-state index contributed by atoms with van der Waals surface area (Å²) in [5.74, 6) is -2.20. The van der Waals surface area contributed by atoms with Gasteiger partial charge in [0, 0.05) is 16.6 Å². The molecule has 0 aliphatic heterocycles. The number of carbonyl (C=O) groups excluding carboxylic acids is 3. The molecule has 1 aromatic heterocycles. The molecular weight excluding hydrogens is 406 g/mol. The molecule has 0 saturated heterocycles. The molecule has 0 spiro atoms. The topological polar surface area (TPSA) is 118 Å². The van der Waals surface area contributed by atoms with Crippen LogP contribution in [-0.2, 0) is 14.3 Å². The highest BCUT2D eigenvalue weighted by atomic mass is 32.1. The van der Waals surface area contributed by atoms with Gasteiger partial charge in [-0.15, -0.1) is 11.3 Å². The van der Waals surface area contributed by atoms with Gasteiger partial charge in [-0.3, -0.25) is 14.4 Å². The van der Waals surface area contributed by atoms with Crippen molar-refractivity contribution < 1.29 is 23.9 Å². The van der Waals surface area contributed by atoms with Crippen molar-refractivity contribution in [3.8, 4) is 11.8 Å². The molecule has 30 heavy (non-hydrogen) atoms. The lowest BCUT2D eigenvalue weighted by atomic mass is 10.1. The van der Waals surface area contributed by atoms with Crippen molar-refractivity contribution in [1.29, 1.82) is 5.26 Å². The average Bonchev–Trinajstić information content (AvgIpc) is 3.17. The first-order chi connectivity index (χ1) is 14.4. The highest BCUT2D eigenvalue weighted by Gasteiger charge is 2.24. The monoisotopic (exact) mass is 429 g/mol. The Kier molecular flexibility index (Phi) is 8.97. The normalized spacial score (nSPS) is 11.2. The second-order valence-electron chi connectivity index (χ2n) is 6.43. The predicted molar refractivity (Wildman–Crippen MR) is 110 cm³/mol. The number of benzene rings is 1. The van der Waals surface area contributed by atoms with E-state index >= 15 is 0 Å². The molecule has 0 fully saturated rings. The Morgan fingerprint density at radius 1 is 1.27 bits per heavy atom. The lowest BCUT2D eigenvalue weighted by molar-refractivity contribution is -0.146. The van der Waals surface area contributed by atoms with Gasteiger partial charge in [-0.2, -0.15) is 5.26 Å². The molecule has 1 atom stereocenters. The van der Waals surface area contributed by atoms with Gasteiger partial charge in [0.2, 0.25) is 0 Å². The second-order valence-corrected chi connectivity index (χ2v) is 7.31. The second kappa shape index (κ2) is 11.7. The van der Waals surface area contributed by atoms with Crippen LogP contribution in [0.2, 0.25) is 0 Å². The third-order valence-electron chi connectivity index (χ3n) is 3.99. The number of nitrogens with zero attached hydrogens (tertiary/aromatic N) is 2. The molecule has 1 amide bonds. The molecule has 0 aliphatic rings. The van der Waals surface area contributed by atoms with Gasteiger partial charge >= 0.3 is 5.97 Å². The Bertz CT molecular complexity index is 917. The van der Waals surface area contributed by atoms with E-state index in [1.165, 1.54) is 11.3 Å². The van der Waals surface area contributed by atoms with Gasteiger partial charge < -0.3 is 14.8 Å². The number of nitriles is 1. The molecule has 2 aromatic rings. The standard InChI is InChI=1S/C21H23N3O5S/c1-3-4-9-28-16-7-5-15(6-8-16)20(27)23-11-19(26)29-12-18(25)17(10-22)21-24-14(2)13-30-21/h5-8,13,17H,3-4,9,11-12H2,1-2H3,(H,23,27)/t17-/m0/s1. The highest BCUT2D eigenvalue weighted by Crippen LogP contribution is 2.20. The predicted octanol–water partition coefficient (Wildman–Crippen LogP) is 2.78.